The van der Waals surface area contributed by atoms with Crippen molar-refractivity contribution < 1.29 is 9.47 Å². The number of fused-ring (bicyclic) bond motifs is 2. The highest BCUT2D eigenvalue weighted by Crippen LogP contribution is 2.35. The van der Waals surface area contributed by atoms with Crippen LogP contribution in [0.1, 0.15) is 5.56 Å². The van der Waals surface area contributed by atoms with Gasteiger partial charge in [-0.15, -0.1) is 0 Å². The van der Waals surface area contributed by atoms with E-state index in [9.17, 15) is 0 Å². The Kier molecular flexibility index (Phi) is 2.45. The maximum atomic E-state index is 5.34. The third-order valence-electron chi connectivity index (χ3n) is 3.33. The second kappa shape index (κ2) is 4.42. The number of benzene rings is 2. The van der Waals surface area contributed by atoms with Gasteiger partial charge in [0.1, 0.15) is 0 Å². The van der Waals surface area contributed by atoms with E-state index >= 15 is 0 Å². The molecule has 1 aliphatic heterocycles. The van der Waals surface area contributed by atoms with Crippen molar-refractivity contribution in [2.24, 2.45) is 4.99 Å². The van der Waals surface area contributed by atoms with E-state index in [1.165, 1.54) is 0 Å². The fourth-order valence-electron chi connectivity index (χ4n) is 2.31. The van der Waals surface area contributed by atoms with Crippen molar-refractivity contribution >= 4 is 22.8 Å². The highest BCUT2D eigenvalue weighted by Gasteiger charge is 2.12. The van der Waals surface area contributed by atoms with Crippen molar-refractivity contribution in [3.05, 3.63) is 54.2 Å². The first kappa shape index (κ1) is 11.1. The Balaban J connectivity index is 1.68. The van der Waals surface area contributed by atoms with E-state index in [1.54, 1.807) is 0 Å². The van der Waals surface area contributed by atoms with Gasteiger partial charge in [0, 0.05) is 34.9 Å². The number of rotatable bonds is 2. The van der Waals surface area contributed by atoms with Gasteiger partial charge in [-0.25, -0.2) is 0 Å². The van der Waals surface area contributed by atoms with Crippen LogP contribution in [0.15, 0.2) is 53.7 Å². The highest BCUT2D eigenvalue weighted by molar-refractivity contribution is 5.99. The number of aromatic nitrogens is 1. The van der Waals surface area contributed by atoms with Crippen LogP contribution in [0.25, 0.3) is 10.9 Å². The van der Waals surface area contributed by atoms with E-state index in [0.29, 0.717) is 0 Å². The summed E-state index contributed by atoms with van der Waals surface area (Å²) >= 11 is 0. The summed E-state index contributed by atoms with van der Waals surface area (Å²) < 4.78 is 10.6. The van der Waals surface area contributed by atoms with Gasteiger partial charge in [-0.3, -0.25) is 4.99 Å². The molecule has 98 valence electrons. The Morgan fingerprint density at radius 3 is 2.95 bits per heavy atom. The van der Waals surface area contributed by atoms with Gasteiger partial charge in [0.15, 0.2) is 11.5 Å². The molecule has 1 aromatic heterocycles. The molecule has 0 saturated heterocycles. The van der Waals surface area contributed by atoms with E-state index < -0.39 is 0 Å². The van der Waals surface area contributed by atoms with Crippen LogP contribution in [-0.4, -0.2) is 18.0 Å². The van der Waals surface area contributed by atoms with Gasteiger partial charge in [0.2, 0.25) is 6.79 Å². The Hall–Kier alpha value is -2.75. The summed E-state index contributed by atoms with van der Waals surface area (Å²) in [6.07, 6.45) is 3.82. The lowest BCUT2D eigenvalue weighted by Gasteiger charge is -1.97. The summed E-state index contributed by atoms with van der Waals surface area (Å²) in [7, 11) is 0. The van der Waals surface area contributed by atoms with Crippen molar-refractivity contribution in [1.82, 2.24) is 4.98 Å². The molecule has 1 aliphatic rings. The van der Waals surface area contributed by atoms with Gasteiger partial charge >= 0.3 is 0 Å². The normalized spacial score (nSPS) is 13.4. The molecule has 0 atom stereocenters. The standard InChI is InChI=1S/C16H12N2O2/c1-2-4-14-13(3-1)11(9-18-14)8-17-12-5-6-15-16(7-12)20-10-19-15/h1-9,18H,10H2. The molecular weight excluding hydrogens is 252 g/mol. The van der Waals surface area contributed by atoms with E-state index in [4.69, 9.17) is 9.47 Å². The maximum absolute atomic E-state index is 5.34. The molecule has 4 rings (SSSR count). The molecule has 2 heterocycles. The lowest BCUT2D eigenvalue weighted by molar-refractivity contribution is 0.174. The first-order valence-electron chi connectivity index (χ1n) is 6.40. The van der Waals surface area contributed by atoms with Crippen LogP contribution in [0.4, 0.5) is 5.69 Å². The van der Waals surface area contributed by atoms with Gasteiger partial charge in [-0.1, -0.05) is 18.2 Å². The molecule has 4 nitrogen and oxygen atoms in total. The number of nitrogens with zero attached hydrogens (tertiary/aromatic N) is 1. The highest BCUT2D eigenvalue weighted by atomic mass is 16.7. The van der Waals surface area contributed by atoms with Crippen molar-refractivity contribution in [1.29, 1.82) is 0 Å². The van der Waals surface area contributed by atoms with Crippen LogP contribution in [-0.2, 0) is 0 Å². The number of hydrogen-bond acceptors (Lipinski definition) is 3. The Labute approximate surface area is 115 Å². The van der Waals surface area contributed by atoms with Crippen molar-refractivity contribution in [3.8, 4) is 11.5 Å². The molecule has 4 heteroatoms. The van der Waals surface area contributed by atoms with Crippen LogP contribution in [0.2, 0.25) is 0 Å². The van der Waals surface area contributed by atoms with Gasteiger partial charge in [0.25, 0.3) is 0 Å². The zero-order valence-corrected chi connectivity index (χ0v) is 10.7. The summed E-state index contributed by atoms with van der Waals surface area (Å²) in [6, 6.07) is 13.8. The number of ether oxygens (including phenoxy) is 2. The zero-order chi connectivity index (χ0) is 13.4. The van der Waals surface area contributed by atoms with Crippen LogP contribution < -0.4 is 9.47 Å². The number of aliphatic imine (C=N–C) groups is 1. The quantitative estimate of drug-likeness (QED) is 0.718. The van der Waals surface area contributed by atoms with Crippen molar-refractivity contribution in [2.45, 2.75) is 0 Å². The number of para-hydroxylation sites is 1. The summed E-state index contributed by atoms with van der Waals surface area (Å²) in [5, 5.41) is 1.16. The summed E-state index contributed by atoms with van der Waals surface area (Å²) in [5.74, 6) is 1.52. The Morgan fingerprint density at radius 1 is 1.05 bits per heavy atom. The van der Waals surface area contributed by atoms with E-state index in [2.05, 4.69) is 16.0 Å². The molecule has 3 aromatic rings. The Morgan fingerprint density at radius 2 is 1.95 bits per heavy atom. The molecule has 0 spiro atoms. The summed E-state index contributed by atoms with van der Waals surface area (Å²) in [6.45, 7) is 0.283. The number of hydrogen-bond donors (Lipinski definition) is 1. The van der Waals surface area contributed by atoms with Gasteiger partial charge in [-0.2, -0.15) is 0 Å². The monoisotopic (exact) mass is 264 g/mol. The smallest absolute Gasteiger partial charge is 0.231 e. The lowest BCUT2D eigenvalue weighted by atomic mass is 10.2. The molecule has 0 amide bonds. The number of nitrogens with one attached hydrogen (secondary N) is 1. The molecule has 0 radical (unpaired) electrons. The maximum Gasteiger partial charge on any atom is 0.231 e. The second-order valence-electron chi connectivity index (χ2n) is 4.59. The molecule has 1 N–H and O–H groups in total. The number of aromatic amines is 1. The minimum absolute atomic E-state index is 0.283. The fraction of sp³-hybridized carbons (Fsp3) is 0.0625. The first-order valence-corrected chi connectivity index (χ1v) is 6.40. The minimum atomic E-state index is 0.283. The molecule has 0 saturated carbocycles. The molecular formula is C16H12N2O2. The lowest BCUT2D eigenvalue weighted by Crippen LogP contribution is -1.92. The average Bonchev–Trinajstić information content (AvgIpc) is 3.11. The minimum Gasteiger partial charge on any atom is -0.454 e. The zero-order valence-electron chi connectivity index (χ0n) is 10.7. The third-order valence-corrected chi connectivity index (χ3v) is 3.33. The van der Waals surface area contributed by atoms with Crippen LogP contribution >= 0.6 is 0 Å². The molecule has 0 unspecified atom stereocenters. The fourth-order valence-corrected chi connectivity index (χ4v) is 2.31. The largest absolute Gasteiger partial charge is 0.454 e. The van der Waals surface area contributed by atoms with Gasteiger partial charge in [-0.05, 0) is 18.2 Å². The van der Waals surface area contributed by atoms with Crippen LogP contribution in [0.5, 0.6) is 11.5 Å². The SMILES string of the molecule is C(=Nc1ccc2c(c1)OCO2)c1c[nH]c2ccccc12. The second-order valence-corrected chi connectivity index (χ2v) is 4.59. The number of H-pyrrole nitrogens is 1. The predicted molar refractivity (Wildman–Crippen MR) is 78.1 cm³/mol. The van der Waals surface area contributed by atoms with E-state index in [1.807, 2.05) is 48.8 Å². The van der Waals surface area contributed by atoms with Crippen molar-refractivity contribution in [2.75, 3.05) is 6.79 Å². The topological polar surface area (TPSA) is 46.6 Å². The molecule has 20 heavy (non-hydrogen) atoms. The molecule has 2 aromatic carbocycles. The summed E-state index contributed by atoms with van der Waals surface area (Å²) in [5.41, 5.74) is 3.03. The molecule has 0 fully saturated rings. The molecule has 0 aliphatic carbocycles. The van der Waals surface area contributed by atoms with Gasteiger partial charge < -0.3 is 14.5 Å². The molecule has 0 bridgehead atoms. The van der Waals surface area contributed by atoms with E-state index in [-0.39, 0.29) is 6.79 Å². The van der Waals surface area contributed by atoms with Crippen LogP contribution in [0, 0.1) is 0 Å². The third kappa shape index (κ3) is 1.82. The first-order chi connectivity index (χ1) is 9.90. The van der Waals surface area contributed by atoms with Crippen LogP contribution in [0.3, 0.4) is 0 Å². The Bertz CT molecular complexity index is 805. The summed E-state index contributed by atoms with van der Waals surface area (Å²) in [4.78, 5) is 7.73. The van der Waals surface area contributed by atoms with Crippen molar-refractivity contribution in [3.63, 3.8) is 0 Å². The van der Waals surface area contributed by atoms with E-state index in [0.717, 1.165) is 33.7 Å². The predicted octanol–water partition coefficient (Wildman–Crippen LogP) is 3.65. The van der Waals surface area contributed by atoms with Gasteiger partial charge in [0.05, 0.1) is 5.69 Å². The average molecular weight is 264 g/mol.